The summed E-state index contributed by atoms with van der Waals surface area (Å²) in [7, 11) is 0. The zero-order valence-electron chi connectivity index (χ0n) is 10.7. The van der Waals surface area contributed by atoms with Gasteiger partial charge in [-0.1, -0.05) is 6.07 Å². The Morgan fingerprint density at radius 2 is 2.17 bits per heavy atom. The number of aliphatic hydroxyl groups excluding tert-OH is 1. The number of aryl methyl sites for hydroxylation is 2. The number of benzene rings is 1. The van der Waals surface area contributed by atoms with Gasteiger partial charge >= 0.3 is 0 Å². The van der Waals surface area contributed by atoms with Gasteiger partial charge in [0.25, 0.3) is 0 Å². The summed E-state index contributed by atoms with van der Waals surface area (Å²) in [5, 5.41) is 9.87. The molecular formula is C15H21NOS. The predicted molar refractivity (Wildman–Crippen MR) is 76.0 cm³/mol. The van der Waals surface area contributed by atoms with E-state index in [1.807, 2.05) is 11.8 Å². The monoisotopic (exact) mass is 263 g/mol. The molecule has 3 heteroatoms. The first kappa shape index (κ1) is 12.5. The number of aliphatic hydroxyl groups is 1. The summed E-state index contributed by atoms with van der Waals surface area (Å²) in [5.74, 6) is 0. The fourth-order valence-electron chi connectivity index (χ4n) is 3.16. The minimum Gasteiger partial charge on any atom is -0.394 e. The maximum Gasteiger partial charge on any atom is 0.0611 e. The lowest BCUT2D eigenvalue weighted by atomic mass is 10.0. The van der Waals surface area contributed by atoms with Crippen LogP contribution in [0.5, 0.6) is 0 Å². The van der Waals surface area contributed by atoms with Gasteiger partial charge in [0.05, 0.1) is 6.61 Å². The van der Waals surface area contributed by atoms with Gasteiger partial charge in [-0.15, -0.1) is 11.8 Å². The lowest BCUT2D eigenvalue weighted by Gasteiger charge is -2.20. The second kappa shape index (κ2) is 4.87. The number of hydrogen-bond donors (Lipinski definition) is 2. The lowest BCUT2D eigenvalue weighted by molar-refractivity contribution is 0.200. The van der Waals surface area contributed by atoms with E-state index < -0.39 is 0 Å². The molecule has 98 valence electrons. The Morgan fingerprint density at radius 1 is 1.33 bits per heavy atom. The molecule has 0 aliphatic heterocycles. The van der Waals surface area contributed by atoms with Crippen LogP contribution in [-0.4, -0.2) is 22.5 Å². The Balaban J connectivity index is 1.67. The van der Waals surface area contributed by atoms with Crippen LogP contribution in [0.1, 0.15) is 36.8 Å². The molecule has 2 aliphatic rings. The van der Waals surface area contributed by atoms with Crippen molar-refractivity contribution in [3.05, 3.63) is 29.3 Å². The van der Waals surface area contributed by atoms with Crippen LogP contribution in [0.4, 0.5) is 0 Å². The van der Waals surface area contributed by atoms with E-state index in [1.165, 1.54) is 29.7 Å². The minimum absolute atomic E-state index is 0.119. The molecule has 1 saturated carbocycles. The Morgan fingerprint density at radius 3 is 2.94 bits per heavy atom. The van der Waals surface area contributed by atoms with Crippen LogP contribution in [0.25, 0.3) is 0 Å². The highest BCUT2D eigenvalue weighted by atomic mass is 32.2. The molecule has 0 radical (unpaired) electrons. The molecular weight excluding hydrogens is 242 g/mol. The number of nitrogens with two attached hydrogens (primary N) is 1. The van der Waals surface area contributed by atoms with E-state index in [9.17, 15) is 5.11 Å². The van der Waals surface area contributed by atoms with E-state index in [1.54, 1.807) is 5.56 Å². The SMILES string of the molecule is NC1(CO)CCC(Sc2ccc3c(c2)CCC3)C1. The Bertz CT molecular complexity index is 448. The number of hydrogen-bond acceptors (Lipinski definition) is 3. The van der Waals surface area contributed by atoms with Gasteiger partial charge in [-0.25, -0.2) is 0 Å². The Labute approximate surface area is 113 Å². The summed E-state index contributed by atoms with van der Waals surface area (Å²) < 4.78 is 0. The van der Waals surface area contributed by atoms with E-state index >= 15 is 0 Å². The molecule has 0 heterocycles. The molecule has 0 saturated heterocycles. The first-order valence-corrected chi connectivity index (χ1v) is 7.75. The zero-order valence-corrected chi connectivity index (χ0v) is 11.5. The van der Waals surface area contributed by atoms with Gasteiger partial charge in [0, 0.05) is 15.7 Å². The third-order valence-electron chi connectivity index (χ3n) is 4.29. The summed E-state index contributed by atoms with van der Waals surface area (Å²) in [6.45, 7) is 0.119. The van der Waals surface area contributed by atoms with Gasteiger partial charge in [-0.3, -0.25) is 0 Å². The van der Waals surface area contributed by atoms with Crippen LogP contribution >= 0.6 is 11.8 Å². The molecule has 3 N–H and O–H groups in total. The quantitative estimate of drug-likeness (QED) is 0.881. The molecule has 2 atom stereocenters. The second-order valence-electron chi connectivity index (χ2n) is 5.79. The highest BCUT2D eigenvalue weighted by Crippen LogP contribution is 2.39. The fraction of sp³-hybridized carbons (Fsp3) is 0.600. The molecule has 1 aromatic rings. The topological polar surface area (TPSA) is 46.2 Å². The molecule has 0 spiro atoms. The van der Waals surface area contributed by atoms with Crippen molar-refractivity contribution in [3.63, 3.8) is 0 Å². The third-order valence-corrected chi connectivity index (χ3v) is 5.55. The number of thioether (sulfide) groups is 1. The summed E-state index contributed by atoms with van der Waals surface area (Å²) in [6, 6.07) is 6.91. The summed E-state index contributed by atoms with van der Waals surface area (Å²) in [6.07, 6.45) is 6.81. The first-order chi connectivity index (χ1) is 8.68. The van der Waals surface area contributed by atoms with Gasteiger partial charge in [-0.05, 0) is 61.8 Å². The van der Waals surface area contributed by atoms with E-state index in [-0.39, 0.29) is 12.1 Å². The standard InChI is InChI=1S/C15H21NOS/c16-15(10-17)7-6-14(9-15)18-13-5-4-11-2-1-3-12(11)8-13/h4-5,8,14,17H,1-3,6-7,9-10,16H2. The van der Waals surface area contributed by atoms with Crippen LogP contribution in [0.15, 0.2) is 23.1 Å². The number of rotatable bonds is 3. The highest BCUT2D eigenvalue weighted by molar-refractivity contribution is 8.00. The minimum atomic E-state index is -0.325. The predicted octanol–water partition coefficient (Wildman–Crippen LogP) is 2.51. The molecule has 0 amide bonds. The highest BCUT2D eigenvalue weighted by Gasteiger charge is 2.35. The van der Waals surface area contributed by atoms with Gasteiger partial charge < -0.3 is 10.8 Å². The molecule has 18 heavy (non-hydrogen) atoms. The average molecular weight is 263 g/mol. The van der Waals surface area contributed by atoms with Gasteiger partial charge in [-0.2, -0.15) is 0 Å². The van der Waals surface area contributed by atoms with Crippen molar-refractivity contribution in [1.29, 1.82) is 0 Å². The van der Waals surface area contributed by atoms with Crippen LogP contribution < -0.4 is 5.73 Å². The molecule has 1 fully saturated rings. The summed E-state index contributed by atoms with van der Waals surface area (Å²) in [5.41, 5.74) is 8.88. The van der Waals surface area contributed by atoms with Gasteiger partial charge in [0.2, 0.25) is 0 Å². The Kier molecular flexibility index (Phi) is 3.39. The lowest BCUT2D eigenvalue weighted by Crippen LogP contribution is -2.40. The van der Waals surface area contributed by atoms with Gasteiger partial charge in [0.1, 0.15) is 0 Å². The van der Waals surface area contributed by atoms with Crippen LogP contribution in [0, 0.1) is 0 Å². The molecule has 3 rings (SSSR count). The molecule has 1 aromatic carbocycles. The van der Waals surface area contributed by atoms with Crippen molar-refractivity contribution >= 4 is 11.8 Å². The zero-order chi connectivity index (χ0) is 12.6. The van der Waals surface area contributed by atoms with Crippen LogP contribution in [-0.2, 0) is 12.8 Å². The van der Waals surface area contributed by atoms with Crippen molar-refractivity contribution in [2.24, 2.45) is 5.73 Å². The smallest absolute Gasteiger partial charge is 0.0611 e. The Hall–Kier alpha value is -0.510. The third kappa shape index (κ3) is 2.44. The van der Waals surface area contributed by atoms with Crippen molar-refractivity contribution in [1.82, 2.24) is 0 Å². The molecule has 0 aromatic heterocycles. The largest absolute Gasteiger partial charge is 0.394 e. The van der Waals surface area contributed by atoms with Crippen molar-refractivity contribution in [3.8, 4) is 0 Å². The average Bonchev–Trinajstić information content (AvgIpc) is 2.96. The second-order valence-corrected chi connectivity index (χ2v) is 7.16. The normalized spacial score (nSPS) is 30.7. The van der Waals surface area contributed by atoms with E-state index in [2.05, 4.69) is 18.2 Å². The fourth-order valence-corrected chi connectivity index (χ4v) is 4.56. The van der Waals surface area contributed by atoms with Crippen LogP contribution in [0.3, 0.4) is 0 Å². The maximum atomic E-state index is 9.30. The first-order valence-electron chi connectivity index (χ1n) is 6.87. The van der Waals surface area contributed by atoms with E-state index in [0.29, 0.717) is 5.25 Å². The molecule has 2 nitrogen and oxygen atoms in total. The molecule has 2 aliphatic carbocycles. The van der Waals surface area contributed by atoms with Crippen LogP contribution in [0.2, 0.25) is 0 Å². The van der Waals surface area contributed by atoms with Crippen molar-refractivity contribution in [2.75, 3.05) is 6.61 Å². The molecule has 2 unspecified atom stereocenters. The summed E-state index contributed by atoms with van der Waals surface area (Å²) in [4.78, 5) is 1.38. The molecule has 0 bridgehead atoms. The van der Waals surface area contributed by atoms with Crippen molar-refractivity contribution in [2.45, 2.75) is 54.2 Å². The summed E-state index contributed by atoms with van der Waals surface area (Å²) >= 11 is 1.94. The number of fused-ring (bicyclic) bond motifs is 1. The van der Waals surface area contributed by atoms with E-state index in [0.717, 1.165) is 19.3 Å². The maximum absolute atomic E-state index is 9.30. The van der Waals surface area contributed by atoms with Crippen molar-refractivity contribution < 1.29 is 5.11 Å². The van der Waals surface area contributed by atoms with Gasteiger partial charge in [0.15, 0.2) is 0 Å². The van der Waals surface area contributed by atoms with E-state index in [4.69, 9.17) is 5.73 Å².